The van der Waals surface area contributed by atoms with Crippen molar-refractivity contribution in [3.8, 4) is 0 Å². The van der Waals surface area contributed by atoms with Gasteiger partial charge < -0.3 is 15.2 Å². The minimum atomic E-state index is -3.52. The van der Waals surface area contributed by atoms with Crippen molar-refractivity contribution in [3.05, 3.63) is 34.9 Å². The summed E-state index contributed by atoms with van der Waals surface area (Å²) >= 11 is 4.27. The van der Waals surface area contributed by atoms with Gasteiger partial charge in [-0.15, -0.1) is 0 Å². The quantitative estimate of drug-likeness (QED) is 0.204. The van der Waals surface area contributed by atoms with Crippen molar-refractivity contribution >= 4 is 22.5 Å². The molecule has 23 heavy (non-hydrogen) atoms. The van der Waals surface area contributed by atoms with Gasteiger partial charge in [-0.25, -0.2) is 13.9 Å². The summed E-state index contributed by atoms with van der Waals surface area (Å²) in [6.45, 7) is 9.27. The Morgan fingerprint density at radius 3 is 2.30 bits per heavy atom. The second-order valence-electron chi connectivity index (χ2n) is 5.65. The fourth-order valence-electron chi connectivity index (χ4n) is 1.91. The largest absolute Gasteiger partial charge is 0.392 e. The molecular weight excluding hydrogens is 336 g/mol. The first-order valence-corrected chi connectivity index (χ1v) is 9.74. The second-order valence-corrected chi connectivity index (χ2v) is 7.92. The van der Waals surface area contributed by atoms with Crippen LogP contribution in [-0.2, 0) is 9.84 Å². The number of allylic oxidation sites excluding steroid dienone is 2. The van der Waals surface area contributed by atoms with Gasteiger partial charge in [0, 0.05) is 18.5 Å². The van der Waals surface area contributed by atoms with Crippen LogP contribution in [0.1, 0.15) is 20.8 Å². The van der Waals surface area contributed by atoms with E-state index in [-0.39, 0.29) is 22.4 Å². The van der Waals surface area contributed by atoms with E-state index in [1.165, 1.54) is 12.2 Å². The van der Waals surface area contributed by atoms with Crippen LogP contribution in [0, 0.1) is 5.92 Å². The predicted octanol–water partition coefficient (Wildman–Crippen LogP) is 1.56. The van der Waals surface area contributed by atoms with Gasteiger partial charge in [0.2, 0.25) is 0 Å². The van der Waals surface area contributed by atoms with Crippen LogP contribution in [0.3, 0.4) is 0 Å². The second kappa shape index (κ2) is 10.1. The van der Waals surface area contributed by atoms with Gasteiger partial charge in [-0.2, -0.15) is 12.6 Å². The topological polar surface area (TPSA) is 89.9 Å². The number of aliphatic hydroxyl groups is 1. The molecule has 0 aliphatic rings. The summed E-state index contributed by atoms with van der Waals surface area (Å²) in [6.07, 6.45) is 3.91. The first kappa shape index (κ1) is 22.2. The predicted molar refractivity (Wildman–Crippen MR) is 97.0 cm³/mol. The Bertz CT molecular complexity index is 554. The first-order valence-electron chi connectivity index (χ1n) is 7.22. The zero-order valence-electron chi connectivity index (χ0n) is 14.2. The van der Waals surface area contributed by atoms with Crippen molar-refractivity contribution in [2.24, 2.45) is 5.92 Å². The first-order chi connectivity index (χ1) is 10.6. The number of aliphatic hydroxyl groups excluding tert-OH is 1. The maximum absolute atomic E-state index is 12.0. The normalized spacial score (nSPS) is 15.4. The van der Waals surface area contributed by atoms with Crippen LogP contribution >= 0.6 is 12.6 Å². The van der Waals surface area contributed by atoms with Gasteiger partial charge in [0.05, 0.1) is 23.4 Å². The van der Waals surface area contributed by atoms with Crippen LogP contribution in [-0.4, -0.2) is 55.0 Å². The van der Waals surface area contributed by atoms with Crippen molar-refractivity contribution < 1.29 is 18.7 Å². The third-order valence-corrected chi connectivity index (χ3v) is 5.05. The lowest BCUT2D eigenvalue weighted by Gasteiger charge is -2.30. The van der Waals surface area contributed by atoms with E-state index in [1.807, 2.05) is 18.7 Å². The molecule has 0 spiro atoms. The zero-order valence-corrected chi connectivity index (χ0v) is 15.9. The molecule has 0 aliphatic carbocycles. The van der Waals surface area contributed by atoms with Gasteiger partial charge in [-0.05, 0) is 24.5 Å². The Labute approximate surface area is 144 Å². The Morgan fingerprint density at radius 1 is 1.43 bits per heavy atom. The van der Waals surface area contributed by atoms with E-state index in [0.717, 1.165) is 6.26 Å². The highest BCUT2D eigenvalue weighted by Crippen LogP contribution is 2.19. The van der Waals surface area contributed by atoms with E-state index in [4.69, 9.17) is 0 Å². The van der Waals surface area contributed by atoms with Crippen molar-refractivity contribution in [3.63, 3.8) is 0 Å². The Kier molecular flexibility index (Phi) is 9.79. The molecule has 134 valence electrons. The molecule has 0 saturated heterocycles. The van der Waals surface area contributed by atoms with Crippen molar-refractivity contribution in [2.75, 3.05) is 25.3 Å². The molecule has 8 heteroatoms. The van der Waals surface area contributed by atoms with E-state index in [1.54, 1.807) is 6.92 Å². The molecule has 0 aliphatic heterocycles. The SMILES string of the molecule is C=C/C(CO)=C(\C=C(/C)N(CS)CC(NO)C(C)C)S(C)(=O)=O. The number of hydroxylamine groups is 1. The minimum absolute atomic E-state index is 0.0253. The van der Waals surface area contributed by atoms with E-state index >= 15 is 0 Å². The summed E-state index contributed by atoms with van der Waals surface area (Å²) in [5.74, 6) is 0.536. The van der Waals surface area contributed by atoms with Gasteiger partial charge in [-0.3, -0.25) is 0 Å². The molecule has 0 heterocycles. The van der Waals surface area contributed by atoms with Crippen molar-refractivity contribution in [1.29, 1.82) is 0 Å². The molecule has 0 aromatic carbocycles. The standard InChI is InChI=1S/C15H28N2O4S2/c1-6-13(9-18)15(23(5,20)21)7-12(4)17(10-22)8-14(16-19)11(2)3/h6-7,11,14,16,18-19,22H,1,8-10H2,2-5H3/b12-7+,15-13-. The summed E-state index contributed by atoms with van der Waals surface area (Å²) < 4.78 is 23.9. The Morgan fingerprint density at radius 2 is 2.00 bits per heavy atom. The lowest BCUT2D eigenvalue weighted by molar-refractivity contribution is 0.0897. The molecule has 0 radical (unpaired) electrons. The summed E-state index contributed by atoms with van der Waals surface area (Å²) in [6, 6.07) is -0.187. The van der Waals surface area contributed by atoms with E-state index in [0.29, 0.717) is 18.1 Å². The summed E-state index contributed by atoms with van der Waals surface area (Å²) in [7, 11) is -3.52. The molecular formula is C15H28N2O4S2. The van der Waals surface area contributed by atoms with Crippen LogP contribution in [0.2, 0.25) is 0 Å². The zero-order chi connectivity index (χ0) is 18.2. The third kappa shape index (κ3) is 7.09. The van der Waals surface area contributed by atoms with Gasteiger partial charge in [0.1, 0.15) is 0 Å². The molecule has 0 amide bonds. The number of hydrogen-bond donors (Lipinski definition) is 4. The van der Waals surface area contributed by atoms with Crippen LogP contribution < -0.4 is 5.48 Å². The Hall–Kier alpha value is -0.800. The van der Waals surface area contributed by atoms with Crippen molar-refractivity contribution in [1.82, 2.24) is 10.4 Å². The highest BCUT2D eigenvalue weighted by Gasteiger charge is 2.19. The van der Waals surface area contributed by atoms with Crippen LogP contribution in [0.5, 0.6) is 0 Å². The highest BCUT2D eigenvalue weighted by atomic mass is 32.2. The third-order valence-electron chi connectivity index (χ3n) is 3.53. The molecule has 0 aromatic heterocycles. The number of sulfone groups is 1. The number of hydrogen-bond acceptors (Lipinski definition) is 7. The lowest BCUT2D eigenvalue weighted by atomic mass is 10.0. The molecule has 3 N–H and O–H groups in total. The molecule has 0 bridgehead atoms. The lowest BCUT2D eigenvalue weighted by Crippen LogP contribution is -2.42. The average molecular weight is 365 g/mol. The average Bonchev–Trinajstić information content (AvgIpc) is 2.47. The minimum Gasteiger partial charge on any atom is -0.392 e. The molecule has 0 rings (SSSR count). The van der Waals surface area contributed by atoms with Crippen molar-refractivity contribution in [2.45, 2.75) is 26.8 Å². The smallest absolute Gasteiger partial charge is 0.175 e. The summed E-state index contributed by atoms with van der Waals surface area (Å²) in [5, 5.41) is 18.6. The molecule has 0 aromatic rings. The molecule has 0 saturated carbocycles. The number of rotatable bonds is 10. The van der Waals surface area contributed by atoms with Crippen LogP contribution in [0.15, 0.2) is 34.9 Å². The maximum Gasteiger partial charge on any atom is 0.175 e. The molecule has 0 fully saturated rings. The molecule has 1 unspecified atom stereocenters. The van der Waals surface area contributed by atoms with E-state index < -0.39 is 16.4 Å². The monoisotopic (exact) mass is 364 g/mol. The van der Waals surface area contributed by atoms with Gasteiger partial charge in [0.15, 0.2) is 9.84 Å². The molecule has 6 nitrogen and oxygen atoms in total. The summed E-state index contributed by atoms with van der Waals surface area (Å²) in [4.78, 5) is 1.86. The number of thiol groups is 1. The van der Waals surface area contributed by atoms with Gasteiger partial charge in [0.25, 0.3) is 0 Å². The van der Waals surface area contributed by atoms with E-state index in [2.05, 4.69) is 24.7 Å². The van der Waals surface area contributed by atoms with Gasteiger partial charge in [-0.1, -0.05) is 26.5 Å². The number of nitrogens with one attached hydrogen (secondary N) is 1. The fourth-order valence-corrected chi connectivity index (χ4v) is 3.26. The number of nitrogens with zero attached hydrogens (tertiary/aromatic N) is 1. The molecule has 1 atom stereocenters. The fraction of sp³-hybridized carbons (Fsp3) is 0.600. The Balaban J connectivity index is 5.72. The van der Waals surface area contributed by atoms with Gasteiger partial charge >= 0.3 is 0 Å². The maximum atomic E-state index is 12.0. The highest BCUT2D eigenvalue weighted by molar-refractivity contribution is 7.94. The summed E-state index contributed by atoms with van der Waals surface area (Å²) in [5.41, 5.74) is 3.16. The van der Waals surface area contributed by atoms with E-state index in [9.17, 15) is 18.7 Å². The van der Waals surface area contributed by atoms with Crippen LogP contribution in [0.25, 0.3) is 0 Å². The van der Waals surface area contributed by atoms with Crippen LogP contribution in [0.4, 0.5) is 0 Å².